The molecule has 94 valence electrons. The van der Waals surface area contributed by atoms with Crippen molar-refractivity contribution in [3.63, 3.8) is 0 Å². The minimum Gasteiger partial charge on any atom is -0.496 e. The molecular formula is C14H12Br2O2. The summed E-state index contributed by atoms with van der Waals surface area (Å²) in [6, 6.07) is 13.2. The van der Waals surface area contributed by atoms with Crippen molar-refractivity contribution < 1.29 is 9.84 Å². The highest BCUT2D eigenvalue weighted by atomic mass is 79.9. The molecule has 0 saturated heterocycles. The van der Waals surface area contributed by atoms with Crippen LogP contribution in [0.3, 0.4) is 0 Å². The van der Waals surface area contributed by atoms with E-state index >= 15 is 0 Å². The van der Waals surface area contributed by atoms with Gasteiger partial charge in [-0.1, -0.05) is 50.1 Å². The number of aliphatic hydroxyl groups is 1. The van der Waals surface area contributed by atoms with Gasteiger partial charge in [-0.05, 0) is 29.8 Å². The van der Waals surface area contributed by atoms with Crippen LogP contribution in [0.5, 0.6) is 5.75 Å². The molecule has 1 unspecified atom stereocenters. The van der Waals surface area contributed by atoms with Gasteiger partial charge in [-0.3, -0.25) is 0 Å². The standard InChI is InChI=1S/C14H12Br2O2/c1-18-13-5-3-2-4-12(13)14(17)9-6-10(15)8-11(16)7-9/h2-8,14,17H,1H3. The Balaban J connectivity index is 2.44. The second kappa shape index (κ2) is 5.87. The molecule has 2 rings (SSSR count). The van der Waals surface area contributed by atoms with E-state index in [1.807, 2.05) is 42.5 Å². The molecule has 0 spiro atoms. The van der Waals surface area contributed by atoms with Gasteiger partial charge in [0.2, 0.25) is 0 Å². The first-order valence-electron chi connectivity index (χ1n) is 5.39. The first-order chi connectivity index (χ1) is 8.61. The lowest BCUT2D eigenvalue weighted by atomic mass is 10.0. The Morgan fingerprint density at radius 2 is 1.67 bits per heavy atom. The number of methoxy groups -OCH3 is 1. The largest absolute Gasteiger partial charge is 0.496 e. The summed E-state index contributed by atoms with van der Waals surface area (Å²) in [5.41, 5.74) is 1.56. The maximum Gasteiger partial charge on any atom is 0.125 e. The minimum absolute atomic E-state index is 0.682. The zero-order valence-corrected chi connectivity index (χ0v) is 12.9. The molecule has 4 heteroatoms. The normalized spacial score (nSPS) is 12.2. The summed E-state index contributed by atoms with van der Waals surface area (Å²) in [7, 11) is 1.60. The number of rotatable bonds is 3. The molecule has 2 aromatic carbocycles. The summed E-state index contributed by atoms with van der Waals surface area (Å²) in [5.74, 6) is 0.682. The number of aliphatic hydroxyl groups excluding tert-OH is 1. The molecule has 2 aromatic rings. The molecular weight excluding hydrogens is 360 g/mol. The molecule has 0 radical (unpaired) electrons. The second-order valence-electron chi connectivity index (χ2n) is 3.85. The van der Waals surface area contributed by atoms with Gasteiger partial charge >= 0.3 is 0 Å². The van der Waals surface area contributed by atoms with Crippen LogP contribution in [0.15, 0.2) is 51.4 Å². The number of benzene rings is 2. The molecule has 2 nitrogen and oxygen atoms in total. The maximum atomic E-state index is 10.4. The molecule has 0 aliphatic heterocycles. The predicted molar refractivity (Wildman–Crippen MR) is 78.9 cm³/mol. The van der Waals surface area contributed by atoms with E-state index in [4.69, 9.17) is 4.74 Å². The van der Waals surface area contributed by atoms with E-state index in [-0.39, 0.29) is 0 Å². The quantitative estimate of drug-likeness (QED) is 0.871. The van der Waals surface area contributed by atoms with Crippen molar-refractivity contribution in [1.82, 2.24) is 0 Å². The van der Waals surface area contributed by atoms with Gasteiger partial charge in [0.1, 0.15) is 11.9 Å². The monoisotopic (exact) mass is 370 g/mol. The molecule has 1 atom stereocenters. The van der Waals surface area contributed by atoms with E-state index < -0.39 is 6.10 Å². The lowest BCUT2D eigenvalue weighted by molar-refractivity contribution is 0.214. The van der Waals surface area contributed by atoms with Crippen molar-refractivity contribution in [2.75, 3.05) is 7.11 Å². The Kier molecular flexibility index (Phi) is 4.43. The lowest BCUT2D eigenvalue weighted by Crippen LogP contribution is -2.02. The van der Waals surface area contributed by atoms with E-state index in [1.165, 1.54) is 0 Å². The van der Waals surface area contributed by atoms with Crippen molar-refractivity contribution in [2.45, 2.75) is 6.10 Å². The third kappa shape index (κ3) is 2.94. The topological polar surface area (TPSA) is 29.5 Å². The van der Waals surface area contributed by atoms with Crippen LogP contribution in [0.4, 0.5) is 0 Å². The first-order valence-corrected chi connectivity index (χ1v) is 6.97. The van der Waals surface area contributed by atoms with Gasteiger partial charge in [0, 0.05) is 14.5 Å². The fourth-order valence-electron chi connectivity index (χ4n) is 1.80. The number of para-hydroxylation sites is 1. The van der Waals surface area contributed by atoms with Gasteiger partial charge in [-0.2, -0.15) is 0 Å². The molecule has 0 aliphatic carbocycles. The van der Waals surface area contributed by atoms with Crippen molar-refractivity contribution in [3.8, 4) is 5.75 Å². The van der Waals surface area contributed by atoms with Crippen molar-refractivity contribution in [3.05, 3.63) is 62.5 Å². The number of hydrogen-bond donors (Lipinski definition) is 1. The van der Waals surface area contributed by atoms with Crippen LogP contribution in [0.2, 0.25) is 0 Å². The Hall–Kier alpha value is -0.840. The fraction of sp³-hybridized carbons (Fsp3) is 0.143. The third-order valence-corrected chi connectivity index (χ3v) is 3.55. The highest BCUT2D eigenvalue weighted by Crippen LogP contribution is 2.32. The average Bonchev–Trinajstić information content (AvgIpc) is 2.36. The number of hydrogen-bond acceptors (Lipinski definition) is 2. The lowest BCUT2D eigenvalue weighted by Gasteiger charge is -2.15. The van der Waals surface area contributed by atoms with Crippen LogP contribution in [-0.2, 0) is 0 Å². The number of ether oxygens (including phenoxy) is 1. The number of halogens is 2. The molecule has 0 amide bonds. The van der Waals surface area contributed by atoms with Crippen molar-refractivity contribution in [2.24, 2.45) is 0 Å². The Morgan fingerprint density at radius 3 is 2.28 bits per heavy atom. The molecule has 0 heterocycles. The minimum atomic E-state index is -0.713. The van der Waals surface area contributed by atoms with E-state index in [9.17, 15) is 5.11 Å². The van der Waals surface area contributed by atoms with Crippen molar-refractivity contribution >= 4 is 31.9 Å². The summed E-state index contributed by atoms with van der Waals surface area (Å²) < 4.78 is 7.10. The van der Waals surface area contributed by atoms with Crippen LogP contribution in [0, 0.1) is 0 Å². The van der Waals surface area contributed by atoms with Gasteiger partial charge in [-0.25, -0.2) is 0 Å². The Labute approximate surface area is 123 Å². The molecule has 0 fully saturated rings. The zero-order chi connectivity index (χ0) is 13.1. The molecule has 0 aliphatic rings. The summed E-state index contributed by atoms with van der Waals surface area (Å²) >= 11 is 6.83. The Bertz CT molecular complexity index is 535. The summed E-state index contributed by atoms with van der Waals surface area (Å²) in [4.78, 5) is 0. The van der Waals surface area contributed by atoms with Crippen LogP contribution in [0.25, 0.3) is 0 Å². The highest BCUT2D eigenvalue weighted by molar-refractivity contribution is 9.11. The van der Waals surface area contributed by atoms with Crippen LogP contribution >= 0.6 is 31.9 Å². The first kappa shape index (κ1) is 13.6. The molecule has 0 saturated carbocycles. The van der Waals surface area contributed by atoms with Crippen LogP contribution < -0.4 is 4.74 Å². The zero-order valence-electron chi connectivity index (χ0n) is 9.73. The fourth-order valence-corrected chi connectivity index (χ4v) is 3.13. The molecule has 0 bridgehead atoms. The van der Waals surface area contributed by atoms with Crippen molar-refractivity contribution in [1.29, 1.82) is 0 Å². The van der Waals surface area contributed by atoms with Crippen LogP contribution in [0.1, 0.15) is 17.2 Å². The van der Waals surface area contributed by atoms with E-state index in [0.29, 0.717) is 5.75 Å². The van der Waals surface area contributed by atoms with E-state index in [2.05, 4.69) is 31.9 Å². The van der Waals surface area contributed by atoms with Gasteiger partial charge in [-0.15, -0.1) is 0 Å². The predicted octanol–water partition coefficient (Wildman–Crippen LogP) is 4.30. The third-order valence-electron chi connectivity index (χ3n) is 2.63. The molecule has 1 N–H and O–H groups in total. The maximum absolute atomic E-state index is 10.4. The van der Waals surface area contributed by atoms with Gasteiger partial charge < -0.3 is 9.84 Å². The molecule has 0 aromatic heterocycles. The van der Waals surface area contributed by atoms with E-state index in [0.717, 1.165) is 20.1 Å². The van der Waals surface area contributed by atoms with Crippen LogP contribution in [-0.4, -0.2) is 12.2 Å². The molecule has 18 heavy (non-hydrogen) atoms. The van der Waals surface area contributed by atoms with E-state index in [1.54, 1.807) is 7.11 Å². The smallest absolute Gasteiger partial charge is 0.125 e. The summed E-state index contributed by atoms with van der Waals surface area (Å²) in [5, 5.41) is 10.4. The summed E-state index contributed by atoms with van der Waals surface area (Å²) in [6.07, 6.45) is -0.713. The second-order valence-corrected chi connectivity index (χ2v) is 5.68. The Morgan fingerprint density at radius 1 is 1.06 bits per heavy atom. The highest BCUT2D eigenvalue weighted by Gasteiger charge is 2.15. The SMILES string of the molecule is COc1ccccc1C(O)c1cc(Br)cc(Br)c1. The average molecular weight is 372 g/mol. The van der Waals surface area contributed by atoms with Gasteiger partial charge in [0.25, 0.3) is 0 Å². The van der Waals surface area contributed by atoms with Gasteiger partial charge in [0.15, 0.2) is 0 Å². The van der Waals surface area contributed by atoms with Gasteiger partial charge in [0.05, 0.1) is 7.11 Å². The summed E-state index contributed by atoms with van der Waals surface area (Å²) in [6.45, 7) is 0.